The van der Waals surface area contributed by atoms with Crippen LogP contribution in [0.3, 0.4) is 0 Å². The molecule has 1 fully saturated rings. The molecule has 1 aliphatic rings. The number of hydrogen-bond acceptors (Lipinski definition) is 6. The monoisotopic (exact) mass is 454 g/mol. The van der Waals surface area contributed by atoms with Crippen LogP contribution in [0.15, 0.2) is 36.8 Å². The summed E-state index contributed by atoms with van der Waals surface area (Å²) in [7, 11) is 0. The van der Waals surface area contributed by atoms with Gasteiger partial charge in [0.1, 0.15) is 17.2 Å². The Labute approximate surface area is 181 Å². The molecule has 3 aromatic rings. The van der Waals surface area contributed by atoms with Crippen LogP contribution < -0.4 is 9.62 Å². The van der Waals surface area contributed by atoms with Gasteiger partial charge in [0.2, 0.25) is 0 Å². The van der Waals surface area contributed by atoms with E-state index in [2.05, 4.69) is 19.7 Å². The Morgan fingerprint density at radius 1 is 1.23 bits per heavy atom. The van der Waals surface area contributed by atoms with Crippen LogP contribution in [-0.2, 0) is 0 Å². The van der Waals surface area contributed by atoms with Gasteiger partial charge in [-0.15, -0.1) is 0 Å². The van der Waals surface area contributed by atoms with Crippen LogP contribution in [0.2, 0.25) is 0 Å². The van der Waals surface area contributed by atoms with Crippen molar-refractivity contribution < 1.29 is 17.6 Å². The summed E-state index contributed by atoms with van der Waals surface area (Å²) in [6.07, 6.45) is 3.55. The largest absolute Gasteiger partial charge is 0.355 e. The number of rotatable bonds is 6. The van der Waals surface area contributed by atoms with E-state index in [1.807, 2.05) is 4.90 Å². The zero-order valence-corrected chi connectivity index (χ0v) is 17.8. The predicted molar refractivity (Wildman–Crippen MR) is 113 cm³/mol. The molecule has 0 amide bonds. The average molecular weight is 454 g/mol. The van der Waals surface area contributed by atoms with Crippen molar-refractivity contribution in [3.8, 4) is 11.5 Å². The summed E-state index contributed by atoms with van der Waals surface area (Å²) in [4.78, 5) is 14.9. The molecule has 4 heterocycles. The van der Waals surface area contributed by atoms with E-state index in [4.69, 9.17) is 0 Å². The van der Waals surface area contributed by atoms with Gasteiger partial charge in [0.25, 0.3) is 12.3 Å². The van der Waals surface area contributed by atoms with Gasteiger partial charge < -0.3 is 4.90 Å². The molecule has 0 spiro atoms. The number of imidazole rings is 1. The third-order valence-corrected chi connectivity index (χ3v) is 6.04. The summed E-state index contributed by atoms with van der Waals surface area (Å²) in [6, 6.07) is 4.51. The molecule has 0 radical (unpaired) electrons. The van der Waals surface area contributed by atoms with Crippen molar-refractivity contribution in [1.29, 1.82) is 0 Å². The van der Waals surface area contributed by atoms with Crippen molar-refractivity contribution in [2.75, 3.05) is 30.8 Å². The van der Waals surface area contributed by atoms with E-state index in [9.17, 15) is 17.6 Å². The summed E-state index contributed by atoms with van der Waals surface area (Å²) in [5.41, 5.74) is 0.803. The molecule has 1 aliphatic heterocycles. The maximum atomic E-state index is 14.7. The number of fused-ring (bicyclic) bond motifs is 1. The smallest absolute Gasteiger partial charge is 0.265 e. The van der Waals surface area contributed by atoms with E-state index >= 15 is 0 Å². The molecule has 4 rings (SSSR count). The number of hydrogen-bond donors (Lipinski definition) is 1. The van der Waals surface area contributed by atoms with Gasteiger partial charge in [0, 0.05) is 43.5 Å². The van der Waals surface area contributed by atoms with Crippen molar-refractivity contribution in [2.45, 2.75) is 19.3 Å². The molecule has 166 valence electrons. The Balaban J connectivity index is 1.66. The topological polar surface area (TPSA) is 58.3 Å². The quantitative estimate of drug-likeness (QED) is 0.443. The molecule has 2 atom stereocenters. The van der Waals surface area contributed by atoms with Crippen molar-refractivity contribution in [1.82, 2.24) is 24.1 Å². The number of nitrogens with one attached hydrogen (secondary N) is 1. The van der Waals surface area contributed by atoms with E-state index in [-0.39, 0.29) is 25.2 Å². The van der Waals surface area contributed by atoms with Gasteiger partial charge in [-0.3, -0.25) is 9.12 Å². The lowest BCUT2D eigenvalue weighted by Gasteiger charge is -2.43. The summed E-state index contributed by atoms with van der Waals surface area (Å²) in [5.74, 6) is -3.70. The first-order valence-corrected chi connectivity index (χ1v) is 11.0. The SMILES string of the molecule is CSNCC1CN(c2ccnc(-c3cnc4ccc(C(F)F)cn34)n2)CC(C)C1(F)F. The molecule has 11 heteroatoms. The lowest BCUT2D eigenvalue weighted by Crippen LogP contribution is -2.55. The third-order valence-electron chi connectivity index (χ3n) is 5.58. The average Bonchev–Trinajstić information content (AvgIpc) is 3.18. The van der Waals surface area contributed by atoms with Gasteiger partial charge in [-0.2, -0.15) is 0 Å². The lowest BCUT2D eigenvalue weighted by molar-refractivity contribution is -0.108. The molecule has 1 N–H and O–H groups in total. The van der Waals surface area contributed by atoms with Gasteiger partial charge in [-0.25, -0.2) is 32.5 Å². The number of alkyl halides is 4. The van der Waals surface area contributed by atoms with Gasteiger partial charge >= 0.3 is 0 Å². The number of anilines is 1. The van der Waals surface area contributed by atoms with E-state index in [1.54, 1.807) is 18.5 Å². The van der Waals surface area contributed by atoms with Gasteiger partial charge in [0.05, 0.1) is 12.1 Å². The van der Waals surface area contributed by atoms with Crippen LogP contribution >= 0.6 is 11.9 Å². The van der Waals surface area contributed by atoms with Crippen molar-refractivity contribution in [3.05, 3.63) is 42.4 Å². The number of piperidine rings is 1. The predicted octanol–water partition coefficient (Wildman–Crippen LogP) is 4.30. The van der Waals surface area contributed by atoms with E-state index < -0.39 is 24.2 Å². The van der Waals surface area contributed by atoms with Crippen LogP contribution in [0.5, 0.6) is 0 Å². The maximum Gasteiger partial charge on any atom is 0.265 e. The molecule has 0 aliphatic carbocycles. The van der Waals surface area contributed by atoms with Crippen LogP contribution in [0.25, 0.3) is 17.2 Å². The third kappa shape index (κ3) is 4.20. The second-order valence-corrected chi connectivity index (χ2v) is 8.30. The van der Waals surface area contributed by atoms with E-state index in [1.165, 1.54) is 47.8 Å². The Kier molecular flexibility index (Phi) is 6.07. The highest BCUT2D eigenvalue weighted by atomic mass is 32.2. The Hall–Kier alpha value is -2.40. The van der Waals surface area contributed by atoms with Crippen LogP contribution in [0.1, 0.15) is 18.9 Å². The fraction of sp³-hybridized carbons (Fsp3) is 0.450. The first kappa shape index (κ1) is 21.8. The molecule has 31 heavy (non-hydrogen) atoms. The Morgan fingerprint density at radius 2 is 2.03 bits per heavy atom. The molecule has 1 saturated heterocycles. The highest BCUT2D eigenvalue weighted by Gasteiger charge is 2.49. The molecule has 3 aromatic heterocycles. The van der Waals surface area contributed by atoms with Gasteiger partial charge in [-0.1, -0.05) is 18.9 Å². The van der Waals surface area contributed by atoms with Crippen LogP contribution in [0, 0.1) is 11.8 Å². The van der Waals surface area contributed by atoms with Gasteiger partial charge in [-0.05, 0) is 24.5 Å². The highest BCUT2D eigenvalue weighted by Crippen LogP contribution is 2.39. The zero-order chi connectivity index (χ0) is 22.2. The van der Waals surface area contributed by atoms with Crippen molar-refractivity contribution >= 4 is 23.4 Å². The van der Waals surface area contributed by atoms with E-state index in [0.717, 1.165) is 0 Å². The zero-order valence-electron chi connectivity index (χ0n) is 17.0. The van der Waals surface area contributed by atoms with Gasteiger partial charge in [0.15, 0.2) is 5.82 Å². The van der Waals surface area contributed by atoms with Crippen LogP contribution in [-0.4, -0.2) is 51.2 Å². The summed E-state index contributed by atoms with van der Waals surface area (Å²) in [6.45, 7) is 2.01. The second-order valence-electron chi connectivity index (χ2n) is 7.60. The molecule has 0 bridgehead atoms. The summed E-state index contributed by atoms with van der Waals surface area (Å²) >= 11 is 1.31. The van der Waals surface area contributed by atoms with Crippen molar-refractivity contribution in [3.63, 3.8) is 0 Å². The number of aromatic nitrogens is 4. The van der Waals surface area contributed by atoms with E-state index in [0.29, 0.717) is 23.0 Å². The molecular weight excluding hydrogens is 432 g/mol. The minimum atomic E-state index is -2.79. The van der Waals surface area contributed by atoms with Crippen molar-refractivity contribution in [2.24, 2.45) is 11.8 Å². The summed E-state index contributed by atoms with van der Waals surface area (Å²) < 4.78 is 60.1. The second kappa shape index (κ2) is 8.62. The highest BCUT2D eigenvalue weighted by molar-refractivity contribution is 7.96. The normalized spacial score (nSPS) is 21.2. The molecule has 2 unspecified atom stereocenters. The number of halogens is 4. The molecule has 0 aromatic carbocycles. The fourth-order valence-electron chi connectivity index (χ4n) is 3.83. The first-order chi connectivity index (χ1) is 14.8. The number of pyridine rings is 1. The summed E-state index contributed by atoms with van der Waals surface area (Å²) in [5, 5.41) is 0. The maximum absolute atomic E-state index is 14.7. The minimum absolute atomic E-state index is 0.140. The standard InChI is InChI=1S/C20H22F4N6S/c1-12-9-29(11-14(7-27-31-2)20(12,23)24)17-5-6-25-19(28-17)15-8-26-16-4-3-13(18(21)22)10-30(15)16/h3-6,8,10,12,14,18,27H,7,9,11H2,1-2H3. The molecular formula is C20H22F4N6S. The Bertz CT molecular complexity index is 1060. The first-order valence-electron chi connectivity index (χ1n) is 9.78. The van der Waals surface area contributed by atoms with Crippen LogP contribution in [0.4, 0.5) is 23.4 Å². The molecule has 0 saturated carbocycles. The number of nitrogens with zero attached hydrogens (tertiary/aromatic N) is 5. The lowest BCUT2D eigenvalue weighted by atomic mass is 9.86. The fourth-order valence-corrected chi connectivity index (χ4v) is 4.20. The molecule has 6 nitrogen and oxygen atoms in total. The Morgan fingerprint density at radius 3 is 2.77 bits per heavy atom. The minimum Gasteiger partial charge on any atom is -0.355 e.